The van der Waals surface area contributed by atoms with Crippen LogP contribution in [0.15, 0.2) is 12.5 Å². The highest BCUT2D eigenvalue weighted by atomic mass is 16.4. The van der Waals surface area contributed by atoms with E-state index in [-0.39, 0.29) is 11.7 Å². The molecule has 1 aromatic heterocycles. The number of urea groups is 1. The molecular formula is C11H19N5O3. The second-order valence-electron chi connectivity index (χ2n) is 3.94. The van der Waals surface area contributed by atoms with E-state index in [9.17, 15) is 9.59 Å². The average Bonchev–Trinajstić information content (AvgIpc) is 2.84. The topological polar surface area (TPSA) is 108 Å². The van der Waals surface area contributed by atoms with Crippen molar-refractivity contribution in [3.05, 3.63) is 18.2 Å². The van der Waals surface area contributed by atoms with Crippen LogP contribution in [0.2, 0.25) is 0 Å². The summed E-state index contributed by atoms with van der Waals surface area (Å²) in [5, 5.41) is 17.1. The maximum atomic E-state index is 11.3. The molecule has 0 radical (unpaired) electrons. The van der Waals surface area contributed by atoms with Crippen molar-refractivity contribution < 1.29 is 14.7 Å². The van der Waals surface area contributed by atoms with E-state index in [2.05, 4.69) is 20.9 Å². The first-order chi connectivity index (χ1) is 9.13. The molecule has 19 heavy (non-hydrogen) atoms. The third kappa shape index (κ3) is 5.87. The minimum atomic E-state index is -1.06. The van der Waals surface area contributed by atoms with Crippen LogP contribution in [0.25, 0.3) is 0 Å². The summed E-state index contributed by atoms with van der Waals surface area (Å²) in [5.41, 5.74) is -0.00322. The van der Waals surface area contributed by atoms with Crippen LogP contribution >= 0.6 is 0 Å². The van der Waals surface area contributed by atoms with Gasteiger partial charge in [-0.15, -0.1) is 0 Å². The molecule has 0 saturated heterocycles. The molecule has 0 aromatic carbocycles. The SMILES string of the molecule is CNCCCNC(=O)NCCn1cnc(C(=O)O)c1. The molecule has 0 saturated carbocycles. The fourth-order valence-corrected chi connectivity index (χ4v) is 1.42. The van der Waals surface area contributed by atoms with E-state index in [4.69, 9.17) is 5.11 Å². The molecule has 1 heterocycles. The Balaban J connectivity index is 2.15. The van der Waals surface area contributed by atoms with Crippen molar-refractivity contribution >= 4 is 12.0 Å². The monoisotopic (exact) mass is 269 g/mol. The number of nitrogens with one attached hydrogen (secondary N) is 3. The van der Waals surface area contributed by atoms with Gasteiger partial charge in [0, 0.05) is 25.8 Å². The molecule has 0 atom stereocenters. The molecule has 0 unspecified atom stereocenters. The lowest BCUT2D eigenvalue weighted by molar-refractivity contribution is 0.0691. The van der Waals surface area contributed by atoms with Crippen LogP contribution in [-0.4, -0.2) is 53.3 Å². The molecule has 8 heteroatoms. The van der Waals surface area contributed by atoms with Gasteiger partial charge in [0.05, 0.1) is 6.33 Å². The number of aromatic nitrogens is 2. The Morgan fingerprint density at radius 3 is 2.68 bits per heavy atom. The van der Waals surface area contributed by atoms with Gasteiger partial charge in [-0.25, -0.2) is 14.6 Å². The molecule has 0 aliphatic carbocycles. The van der Waals surface area contributed by atoms with Gasteiger partial charge in [0.25, 0.3) is 0 Å². The molecular weight excluding hydrogens is 250 g/mol. The van der Waals surface area contributed by atoms with E-state index in [1.165, 1.54) is 12.5 Å². The zero-order chi connectivity index (χ0) is 14.1. The van der Waals surface area contributed by atoms with Gasteiger partial charge >= 0.3 is 12.0 Å². The standard InChI is InChI=1S/C11H19N5O3/c1-12-3-2-4-13-11(19)14-5-6-16-7-9(10(17)18)15-8-16/h7-8,12H,2-6H2,1H3,(H,17,18)(H2,13,14,19). The average molecular weight is 269 g/mol. The summed E-state index contributed by atoms with van der Waals surface area (Å²) in [4.78, 5) is 25.7. The number of amides is 2. The number of hydrogen-bond acceptors (Lipinski definition) is 4. The zero-order valence-corrected chi connectivity index (χ0v) is 10.8. The highest BCUT2D eigenvalue weighted by Gasteiger charge is 2.06. The highest BCUT2D eigenvalue weighted by molar-refractivity contribution is 5.84. The van der Waals surface area contributed by atoms with Gasteiger partial charge in [0.2, 0.25) is 0 Å². The summed E-state index contributed by atoms with van der Waals surface area (Å²) >= 11 is 0. The lowest BCUT2D eigenvalue weighted by atomic mass is 10.4. The van der Waals surface area contributed by atoms with Gasteiger partial charge in [0.1, 0.15) is 0 Å². The molecule has 0 aliphatic heterocycles. The number of aromatic carboxylic acids is 1. The van der Waals surface area contributed by atoms with Crippen LogP contribution in [0, 0.1) is 0 Å². The zero-order valence-electron chi connectivity index (χ0n) is 10.8. The number of carboxylic acids is 1. The summed E-state index contributed by atoms with van der Waals surface area (Å²) in [7, 11) is 1.86. The quantitative estimate of drug-likeness (QED) is 0.475. The number of nitrogens with zero attached hydrogens (tertiary/aromatic N) is 2. The molecule has 0 aliphatic rings. The molecule has 0 bridgehead atoms. The van der Waals surface area contributed by atoms with E-state index >= 15 is 0 Å². The molecule has 2 amide bonds. The fraction of sp³-hybridized carbons (Fsp3) is 0.545. The second-order valence-corrected chi connectivity index (χ2v) is 3.94. The molecule has 0 spiro atoms. The molecule has 1 rings (SSSR count). The predicted octanol–water partition coefficient (Wildman–Crippen LogP) is -0.510. The summed E-state index contributed by atoms with van der Waals surface area (Å²) < 4.78 is 1.62. The lowest BCUT2D eigenvalue weighted by Crippen LogP contribution is -2.38. The third-order valence-corrected chi connectivity index (χ3v) is 2.40. The predicted molar refractivity (Wildman–Crippen MR) is 69.1 cm³/mol. The van der Waals surface area contributed by atoms with Crippen LogP contribution in [0.5, 0.6) is 0 Å². The van der Waals surface area contributed by atoms with Crippen LogP contribution in [0.3, 0.4) is 0 Å². The first-order valence-electron chi connectivity index (χ1n) is 6.05. The maximum absolute atomic E-state index is 11.3. The van der Waals surface area contributed by atoms with Crippen molar-refractivity contribution in [3.63, 3.8) is 0 Å². The Labute approximate surface area is 111 Å². The molecule has 1 aromatic rings. The summed E-state index contributed by atoms with van der Waals surface area (Å²) in [5.74, 6) is -1.06. The number of carboxylic acid groups (broad SMARTS) is 1. The van der Waals surface area contributed by atoms with Crippen LogP contribution in [-0.2, 0) is 6.54 Å². The van der Waals surface area contributed by atoms with Gasteiger partial charge < -0.3 is 25.6 Å². The highest BCUT2D eigenvalue weighted by Crippen LogP contribution is 1.95. The van der Waals surface area contributed by atoms with Gasteiger partial charge in [-0.1, -0.05) is 0 Å². The Bertz CT molecular complexity index is 418. The van der Waals surface area contributed by atoms with Crippen molar-refractivity contribution in [1.82, 2.24) is 25.5 Å². The van der Waals surface area contributed by atoms with Crippen LogP contribution < -0.4 is 16.0 Å². The minimum absolute atomic E-state index is 0.00322. The van der Waals surface area contributed by atoms with E-state index in [1.807, 2.05) is 7.05 Å². The fourth-order valence-electron chi connectivity index (χ4n) is 1.42. The molecule has 106 valence electrons. The number of hydrogen-bond donors (Lipinski definition) is 4. The van der Waals surface area contributed by atoms with Crippen molar-refractivity contribution in [2.45, 2.75) is 13.0 Å². The van der Waals surface area contributed by atoms with Crippen molar-refractivity contribution in [1.29, 1.82) is 0 Å². The minimum Gasteiger partial charge on any atom is -0.476 e. The Morgan fingerprint density at radius 1 is 1.32 bits per heavy atom. The molecule has 4 N–H and O–H groups in total. The Morgan fingerprint density at radius 2 is 2.05 bits per heavy atom. The number of imidazole rings is 1. The van der Waals surface area contributed by atoms with Crippen LogP contribution in [0.4, 0.5) is 4.79 Å². The van der Waals surface area contributed by atoms with Crippen molar-refractivity contribution in [2.24, 2.45) is 0 Å². The maximum Gasteiger partial charge on any atom is 0.356 e. The van der Waals surface area contributed by atoms with E-state index < -0.39 is 5.97 Å². The van der Waals surface area contributed by atoms with Crippen LogP contribution in [0.1, 0.15) is 16.9 Å². The Hall–Kier alpha value is -2.09. The Kier molecular flexibility index (Phi) is 6.37. The van der Waals surface area contributed by atoms with E-state index in [0.717, 1.165) is 13.0 Å². The second kappa shape index (κ2) is 8.09. The first kappa shape index (κ1) is 15.0. The number of rotatable bonds is 8. The normalized spacial score (nSPS) is 10.2. The molecule has 8 nitrogen and oxygen atoms in total. The summed E-state index contributed by atoms with van der Waals surface area (Å²) in [6.07, 6.45) is 3.72. The number of carbonyl (C=O) groups excluding carboxylic acids is 1. The number of carbonyl (C=O) groups is 2. The van der Waals surface area contributed by atoms with Crippen molar-refractivity contribution in [2.75, 3.05) is 26.7 Å². The lowest BCUT2D eigenvalue weighted by Gasteiger charge is -2.07. The van der Waals surface area contributed by atoms with Gasteiger partial charge in [0.15, 0.2) is 5.69 Å². The largest absolute Gasteiger partial charge is 0.476 e. The third-order valence-electron chi connectivity index (χ3n) is 2.40. The summed E-state index contributed by atoms with van der Waals surface area (Å²) in [6.45, 7) is 2.35. The van der Waals surface area contributed by atoms with E-state index in [1.54, 1.807) is 4.57 Å². The first-order valence-corrected chi connectivity index (χ1v) is 6.05. The van der Waals surface area contributed by atoms with Gasteiger partial charge in [-0.05, 0) is 20.0 Å². The van der Waals surface area contributed by atoms with Gasteiger partial charge in [-0.3, -0.25) is 0 Å². The smallest absolute Gasteiger partial charge is 0.356 e. The summed E-state index contributed by atoms with van der Waals surface area (Å²) in [6, 6.07) is -0.227. The van der Waals surface area contributed by atoms with Gasteiger partial charge in [-0.2, -0.15) is 0 Å². The molecule has 0 fully saturated rings. The van der Waals surface area contributed by atoms with E-state index in [0.29, 0.717) is 19.6 Å². The van der Waals surface area contributed by atoms with Crippen molar-refractivity contribution in [3.8, 4) is 0 Å².